The van der Waals surface area contributed by atoms with Gasteiger partial charge in [-0.05, 0) is 66.7 Å². The van der Waals surface area contributed by atoms with E-state index in [-0.39, 0.29) is 16.1 Å². The van der Waals surface area contributed by atoms with Crippen LogP contribution in [0.5, 0.6) is 5.75 Å². The fraction of sp³-hybridized carbons (Fsp3) is 0.231. The van der Waals surface area contributed by atoms with E-state index < -0.39 is 34.0 Å². The summed E-state index contributed by atoms with van der Waals surface area (Å²) in [6.45, 7) is 2.59. The number of methoxy groups -OCH3 is 1. The molecule has 1 fully saturated rings. The molecular formula is C26H25F4N3O7S. The molecule has 220 valence electrons. The van der Waals surface area contributed by atoms with Crippen molar-refractivity contribution >= 4 is 39.0 Å². The number of aliphatic carboxylic acids is 1. The van der Waals surface area contributed by atoms with Crippen molar-refractivity contribution in [1.29, 1.82) is 0 Å². The van der Waals surface area contributed by atoms with Crippen molar-refractivity contribution in [3.63, 3.8) is 0 Å². The lowest BCUT2D eigenvalue weighted by Gasteiger charge is -2.38. The first kappa shape index (κ1) is 31.0. The number of carboxylic acid groups (broad SMARTS) is 2. The third-order valence-electron chi connectivity index (χ3n) is 5.91. The van der Waals surface area contributed by atoms with Gasteiger partial charge in [-0.25, -0.2) is 22.4 Å². The molecule has 1 aliphatic rings. The normalized spacial score (nSPS) is 13.6. The van der Waals surface area contributed by atoms with Gasteiger partial charge >= 0.3 is 18.1 Å². The van der Waals surface area contributed by atoms with E-state index >= 15 is 0 Å². The van der Waals surface area contributed by atoms with E-state index in [2.05, 4.69) is 9.62 Å². The smallest absolute Gasteiger partial charge is 0.490 e. The SMILES string of the molecule is COc1ccc(N2CCN(c3ccc(C(=O)O)cc3NS(=O)(=O)c3ccc(F)cc3)CC2)cc1.O=C(O)C(F)(F)F. The molecule has 0 radical (unpaired) electrons. The Kier molecular flexibility index (Phi) is 9.65. The van der Waals surface area contributed by atoms with Crippen molar-refractivity contribution in [2.75, 3.05) is 47.8 Å². The summed E-state index contributed by atoms with van der Waals surface area (Å²) in [6, 6.07) is 16.5. The molecule has 3 aromatic rings. The van der Waals surface area contributed by atoms with Crippen LogP contribution < -0.4 is 19.3 Å². The van der Waals surface area contributed by atoms with Gasteiger partial charge in [-0.15, -0.1) is 0 Å². The molecule has 0 aliphatic carbocycles. The lowest BCUT2D eigenvalue weighted by Crippen LogP contribution is -2.46. The van der Waals surface area contributed by atoms with E-state index in [0.29, 0.717) is 31.9 Å². The van der Waals surface area contributed by atoms with Crippen LogP contribution in [-0.4, -0.2) is 70.0 Å². The third-order valence-corrected chi connectivity index (χ3v) is 7.29. The fourth-order valence-corrected chi connectivity index (χ4v) is 4.91. The van der Waals surface area contributed by atoms with E-state index in [1.807, 2.05) is 29.2 Å². The number of sulfonamides is 1. The van der Waals surface area contributed by atoms with Crippen molar-refractivity contribution in [2.45, 2.75) is 11.1 Å². The highest BCUT2D eigenvalue weighted by molar-refractivity contribution is 7.92. The van der Waals surface area contributed by atoms with Crippen molar-refractivity contribution in [3.8, 4) is 5.75 Å². The minimum Gasteiger partial charge on any atom is -0.497 e. The number of nitrogens with zero attached hydrogens (tertiary/aromatic N) is 2. The van der Waals surface area contributed by atoms with Gasteiger partial charge in [-0.3, -0.25) is 4.72 Å². The van der Waals surface area contributed by atoms with Crippen LogP contribution in [0.25, 0.3) is 0 Å². The average Bonchev–Trinajstić information content (AvgIpc) is 2.93. The molecule has 0 unspecified atom stereocenters. The number of ether oxygens (including phenoxy) is 1. The van der Waals surface area contributed by atoms with Crippen LogP contribution in [0.2, 0.25) is 0 Å². The highest BCUT2D eigenvalue weighted by Gasteiger charge is 2.38. The van der Waals surface area contributed by atoms with Gasteiger partial charge in [0, 0.05) is 31.9 Å². The number of anilines is 3. The first-order valence-electron chi connectivity index (χ1n) is 11.8. The Morgan fingerprint density at radius 3 is 1.90 bits per heavy atom. The molecule has 3 aromatic carbocycles. The molecule has 0 amide bonds. The van der Waals surface area contributed by atoms with Gasteiger partial charge in [-0.2, -0.15) is 13.2 Å². The maximum atomic E-state index is 13.2. The summed E-state index contributed by atoms with van der Waals surface area (Å²) >= 11 is 0. The molecule has 0 bridgehead atoms. The summed E-state index contributed by atoms with van der Waals surface area (Å²) in [7, 11) is -2.44. The van der Waals surface area contributed by atoms with Crippen molar-refractivity contribution in [1.82, 2.24) is 0 Å². The number of piperazine rings is 1. The number of alkyl halides is 3. The summed E-state index contributed by atoms with van der Waals surface area (Å²) < 4.78 is 78.5. The molecule has 4 rings (SSSR count). The second-order valence-electron chi connectivity index (χ2n) is 8.57. The minimum absolute atomic E-state index is 0.0441. The highest BCUT2D eigenvalue weighted by Crippen LogP contribution is 2.31. The number of carbonyl (C=O) groups is 2. The standard InChI is InChI=1S/C24H24FN3O5S.C2HF3O2/c1-33-20-7-5-19(6-8-20)27-12-14-28(15-13-27)23-11-2-17(24(29)30)16-22(23)26-34(31,32)21-9-3-18(25)4-10-21;3-2(4,5)1(6)7/h2-11,16,26H,12-15H2,1H3,(H,29,30);(H,6,7). The van der Waals surface area contributed by atoms with Crippen LogP contribution in [0.3, 0.4) is 0 Å². The lowest BCUT2D eigenvalue weighted by molar-refractivity contribution is -0.192. The zero-order valence-corrected chi connectivity index (χ0v) is 22.2. The fourth-order valence-electron chi connectivity index (χ4n) is 3.84. The van der Waals surface area contributed by atoms with E-state index in [0.717, 1.165) is 35.7 Å². The third kappa shape index (κ3) is 8.23. The largest absolute Gasteiger partial charge is 0.497 e. The van der Waals surface area contributed by atoms with E-state index in [9.17, 15) is 35.9 Å². The molecule has 1 saturated heterocycles. The molecule has 15 heteroatoms. The monoisotopic (exact) mass is 599 g/mol. The van der Waals surface area contributed by atoms with E-state index in [4.69, 9.17) is 14.6 Å². The Hall–Kier alpha value is -4.53. The highest BCUT2D eigenvalue weighted by atomic mass is 32.2. The number of nitrogens with one attached hydrogen (secondary N) is 1. The Morgan fingerprint density at radius 2 is 1.41 bits per heavy atom. The number of rotatable bonds is 7. The Bertz CT molecular complexity index is 1470. The summed E-state index contributed by atoms with van der Waals surface area (Å²) in [5.41, 5.74) is 1.74. The predicted molar refractivity (Wildman–Crippen MR) is 142 cm³/mol. The number of hydrogen-bond acceptors (Lipinski definition) is 7. The Labute approximate surface area is 232 Å². The van der Waals surface area contributed by atoms with Gasteiger partial charge in [-0.1, -0.05) is 0 Å². The maximum absolute atomic E-state index is 13.2. The molecule has 0 spiro atoms. The second kappa shape index (κ2) is 12.8. The number of carboxylic acids is 2. The van der Waals surface area contributed by atoms with Gasteiger partial charge in [0.1, 0.15) is 11.6 Å². The summed E-state index contributed by atoms with van der Waals surface area (Å²) in [5, 5.41) is 16.5. The van der Waals surface area contributed by atoms with Crippen molar-refractivity contribution < 1.29 is 50.5 Å². The van der Waals surface area contributed by atoms with E-state index in [1.54, 1.807) is 13.2 Å². The second-order valence-corrected chi connectivity index (χ2v) is 10.3. The van der Waals surface area contributed by atoms with Gasteiger partial charge in [0.15, 0.2) is 0 Å². The zero-order chi connectivity index (χ0) is 30.4. The maximum Gasteiger partial charge on any atom is 0.490 e. The molecule has 0 aromatic heterocycles. The van der Waals surface area contributed by atoms with Gasteiger partial charge < -0.3 is 24.7 Å². The zero-order valence-electron chi connectivity index (χ0n) is 21.4. The number of hydrogen-bond donors (Lipinski definition) is 3. The topological polar surface area (TPSA) is 136 Å². The summed E-state index contributed by atoms with van der Waals surface area (Å²) in [5.74, 6) is -3.70. The minimum atomic E-state index is -5.08. The lowest BCUT2D eigenvalue weighted by atomic mass is 10.1. The van der Waals surface area contributed by atoms with Gasteiger partial charge in [0.05, 0.1) is 28.9 Å². The first-order chi connectivity index (χ1) is 19.2. The quantitative estimate of drug-likeness (QED) is 0.340. The summed E-state index contributed by atoms with van der Waals surface area (Å²) in [6.07, 6.45) is -5.08. The number of aromatic carboxylic acids is 1. The molecule has 1 heterocycles. The summed E-state index contributed by atoms with van der Waals surface area (Å²) in [4.78, 5) is 24.5. The molecule has 1 aliphatic heterocycles. The average molecular weight is 600 g/mol. The first-order valence-corrected chi connectivity index (χ1v) is 13.3. The van der Waals surface area contributed by atoms with Crippen molar-refractivity contribution in [3.05, 3.63) is 78.1 Å². The molecular weight excluding hydrogens is 574 g/mol. The number of halogens is 4. The van der Waals surface area contributed by atoms with Crippen LogP contribution in [0, 0.1) is 5.82 Å². The van der Waals surface area contributed by atoms with E-state index in [1.165, 1.54) is 12.1 Å². The van der Waals surface area contributed by atoms with Crippen LogP contribution in [0.15, 0.2) is 71.6 Å². The molecule has 0 atom stereocenters. The molecule has 41 heavy (non-hydrogen) atoms. The molecule has 10 nitrogen and oxygen atoms in total. The Morgan fingerprint density at radius 1 is 0.878 bits per heavy atom. The van der Waals surface area contributed by atoms with Crippen molar-refractivity contribution in [2.24, 2.45) is 0 Å². The van der Waals surface area contributed by atoms with Crippen LogP contribution in [-0.2, 0) is 14.8 Å². The molecule has 3 N–H and O–H groups in total. The van der Waals surface area contributed by atoms with Crippen LogP contribution in [0.1, 0.15) is 10.4 Å². The van der Waals surface area contributed by atoms with Crippen LogP contribution in [0.4, 0.5) is 34.6 Å². The predicted octanol–water partition coefficient (Wildman–Crippen LogP) is 4.29. The van der Waals surface area contributed by atoms with Crippen LogP contribution >= 0.6 is 0 Å². The Balaban J connectivity index is 0.000000587. The van der Waals surface area contributed by atoms with Gasteiger partial charge in [0.2, 0.25) is 0 Å². The van der Waals surface area contributed by atoms with Gasteiger partial charge in [0.25, 0.3) is 10.0 Å². The molecule has 0 saturated carbocycles. The number of benzene rings is 3.